The van der Waals surface area contributed by atoms with E-state index < -0.39 is 17.7 Å². The molecule has 3 aromatic rings. The predicted octanol–water partition coefficient (Wildman–Crippen LogP) is 6.74. The Morgan fingerprint density at radius 2 is 1.51 bits per heavy atom. The number of rotatable bonds is 15. The number of nitrogens with one attached hydrogen (secondary N) is 2. The molecule has 4 N–H and O–H groups in total. The van der Waals surface area contributed by atoms with E-state index in [1.165, 1.54) is 0 Å². The summed E-state index contributed by atoms with van der Waals surface area (Å²) in [4.78, 5) is 29.8. The van der Waals surface area contributed by atoms with Gasteiger partial charge in [0.15, 0.2) is 0 Å². The number of unbranched alkanes of at least 4 members (excludes halogenated alkanes) is 1. The first-order chi connectivity index (χ1) is 20.6. The van der Waals surface area contributed by atoms with Crippen LogP contribution in [0.2, 0.25) is 0 Å². The maximum atomic E-state index is 12.9. The molecule has 0 saturated carbocycles. The van der Waals surface area contributed by atoms with Gasteiger partial charge in [0.05, 0.1) is 12.3 Å². The summed E-state index contributed by atoms with van der Waals surface area (Å²) >= 11 is 0. The molecule has 1 heterocycles. The molecule has 0 aliphatic rings. The Bertz CT molecular complexity index is 1230. The second kappa shape index (κ2) is 16.1. The first-order valence-corrected chi connectivity index (χ1v) is 15.3. The van der Waals surface area contributed by atoms with Crippen LogP contribution in [0.4, 0.5) is 4.79 Å². The second-order valence-corrected chi connectivity index (χ2v) is 12.0. The molecular formula is C35H48N4O4. The van der Waals surface area contributed by atoms with Crippen LogP contribution in [0.5, 0.6) is 5.88 Å². The van der Waals surface area contributed by atoms with Gasteiger partial charge in [0.1, 0.15) is 11.6 Å². The smallest absolute Gasteiger partial charge is 0.408 e. The molecular weight excluding hydrogens is 540 g/mol. The zero-order valence-corrected chi connectivity index (χ0v) is 26.3. The molecule has 0 fully saturated rings. The van der Waals surface area contributed by atoms with E-state index in [4.69, 9.17) is 20.2 Å². The standard InChI is InChI=1S/C35H48N4O4/c1-6-35(7-2,25-37-32(40)30(24-36)39-33(41)43-34(3,4)5)20-14-15-21-42-31-23-28(26-16-10-8-11-17-26)22-29(38-31)27-18-12-9-13-19-27/h8-13,16-19,22-23,30H,6-7,14-15,20-21,24-25,36H2,1-5H3,(H,37,40)(H,39,41). The largest absolute Gasteiger partial charge is 0.478 e. The van der Waals surface area contributed by atoms with Gasteiger partial charge in [0.2, 0.25) is 11.8 Å². The Morgan fingerprint density at radius 1 is 0.884 bits per heavy atom. The summed E-state index contributed by atoms with van der Waals surface area (Å²) in [5.74, 6) is 0.302. The Hall–Kier alpha value is -3.91. The quantitative estimate of drug-likeness (QED) is 0.169. The summed E-state index contributed by atoms with van der Waals surface area (Å²) in [5.41, 5.74) is 9.16. The van der Waals surface area contributed by atoms with E-state index >= 15 is 0 Å². The number of nitrogens with two attached hydrogens (primary N) is 1. The van der Waals surface area contributed by atoms with Crippen LogP contribution in [0.15, 0.2) is 72.8 Å². The normalized spacial score (nSPS) is 12.3. The molecule has 1 aromatic heterocycles. The van der Waals surface area contributed by atoms with Crippen LogP contribution in [-0.2, 0) is 9.53 Å². The van der Waals surface area contributed by atoms with Crippen LogP contribution in [0.3, 0.4) is 0 Å². The van der Waals surface area contributed by atoms with E-state index in [0.29, 0.717) is 19.0 Å². The number of hydrogen-bond donors (Lipinski definition) is 3. The summed E-state index contributed by atoms with van der Waals surface area (Å²) in [7, 11) is 0. The molecule has 8 nitrogen and oxygen atoms in total. The van der Waals surface area contributed by atoms with E-state index in [-0.39, 0.29) is 17.9 Å². The summed E-state index contributed by atoms with van der Waals surface area (Å²) in [6, 6.07) is 23.6. The van der Waals surface area contributed by atoms with Crippen molar-refractivity contribution in [3.8, 4) is 28.3 Å². The fourth-order valence-electron chi connectivity index (χ4n) is 4.93. The number of alkyl carbamates (subject to hydrolysis) is 1. The molecule has 0 aliphatic carbocycles. The Balaban J connectivity index is 1.56. The maximum absolute atomic E-state index is 12.9. The van der Waals surface area contributed by atoms with Gasteiger partial charge in [-0.15, -0.1) is 0 Å². The van der Waals surface area contributed by atoms with Gasteiger partial charge in [-0.1, -0.05) is 74.5 Å². The highest BCUT2D eigenvalue weighted by molar-refractivity contribution is 5.86. The molecule has 1 atom stereocenters. The number of pyridine rings is 1. The Morgan fingerprint density at radius 3 is 2.09 bits per heavy atom. The molecule has 0 aliphatic heterocycles. The van der Waals surface area contributed by atoms with Gasteiger partial charge in [-0.05, 0) is 75.5 Å². The van der Waals surface area contributed by atoms with Crippen molar-refractivity contribution < 1.29 is 19.1 Å². The van der Waals surface area contributed by atoms with Crippen LogP contribution in [-0.4, -0.2) is 48.3 Å². The van der Waals surface area contributed by atoms with E-state index in [2.05, 4.69) is 54.8 Å². The molecule has 0 saturated heterocycles. The SMILES string of the molecule is CCC(CC)(CCCCOc1cc(-c2ccccc2)cc(-c2ccccc2)n1)CNC(=O)C(CN)NC(=O)OC(C)(C)C. The number of nitrogens with zero attached hydrogens (tertiary/aromatic N) is 1. The van der Waals surface area contributed by atoms with Crippen molar-refractivity contribution in [3.05, 3.63) is 72.8 Å². The van der Waals surface area contributed by atoms with Gasteiger partial charge < -0.3 is 25.8 Å². The number of ether oxygens (including phenoxy) is 2. The number of amides is 2. The molecule has 0 spiro atoms. The third kappa shape index (κ3) is 10.7. The molecule has 2 amide bonds. The first-order valence-electron chi connectivity index (χ1n) is 15.3. The maximum Gasteiger partial charge on any atom is 0.408 e. The molecule has 3 rings (SSSR count). The summed E-state index contributed by atoms with van der Waals surface area (Å²) in [6.07, 6.45) is 3.91. The highest BCUT2D eigenvalue weighted by atomic mass is 16.6. The molecule has 8 heteroatoms. The van der Waals surface area contributed by atoms with Gasteiger partial charge in [0, 0.05) is 24.7 Å². The third-order valence-corrected chi connectivity index (χ3v) is 7.71. The van der Waals surface area contributed by atoms with Gasteiger partial charge >= 0.3 is 6.09 Å². The van der Waals surface area contributed by atoms with Crippen molar-refractivity contribution in [1.82, 2.24) is 15.6 Å². The lowest BCUT2D eigenvalue weighted by atomic mass is 9.77. The van der Waals surface area contributed by atoms with Crippen molar-refractivity contribution in [1.29, 1.82) is 0 Å². The van der Waals surface area contributed by atoms with Gasteiger partial charge in [0.25, 0.3) is 0 Å². The fraction of sp³-hybridized carbons (Fsp3) is 0.457. The second-order valence-electron chi connectivity index (χ2n) is 12.0. The van der Waals surface area contributed by atoms with Crippen LogP contribution in [0, 0.1) is 5.41 Å². The van der Waals surface area contributed by atoms with E-state index in [9.17, 15) is 9.59 Å². The van der Waals surface area contributed by atoms with Gasteiger partial charge in [-0.3, -0.25) is 4.79 Å². The summed E-state index contributed by atoms with van der Waals surface area (Å²) in [6.45, 7) is 10.6. The lowest BCUT2D eigenvalue weighted by molar-refractivity contribution is -0.123. The topological polar surface area (TPSA) is 116 Å². The minimum absolute atomic E-state index is 0.0147. The van der Waals surface area contributed by atoms with Crippen molar-refractivity contribution in [2.75, 3.05) is 19.7 Å². The van der Waals surface area contributed by atoms with E-state index in [0.717, 1.165) is 54.5 Å². The molecule has 0 bridgehead atoms. The minimum Gasteiger partial charge on any atom is -0.478 e. The highest BCUT2D eigenvalue weighted by Gasteiger charge is 2.29. The predicted molar refractivity (Wildman–Crippen MR) is 173 cm³/mol. The lowest BCUT2D eigenvalue weighted by Gasteiger charge is -2.33. The number of aromatic nitrogens is 1. The molecule has 43 heavy (non-hydrogen) atoms. The average Bonchev–Trinajstić information content (AvgIpc) is 3.01. The zero-order valence-electron chi connectivity index (χ0n) is 26.3. The highest BCUT2D eigenvalue weighted by Crippen LogP contribution is 2.32. The Labute approximate surface area is 256 Å². The van der Waals surface area contributed by atoms with Crippen molar-refractivity contribution in [3.63, 3.8) is 0 Å². The summed E-state index contributed by atoms with van der Waals surface area (Å²) in [5, 5.41) is 5.60. The summed E-state index contributed by atoms with van der Waals surface area (Å²) < 4.78 is 11.5. The first kappa shape index (κ1) is 33.6. The molecule has 0 radical (unpaired) electrons. The fourth-order valence-corrected chi connectivity index (χ4v) is 4.93. The van der Waals surface area contributed by atoms with Gasteiger partial charge in [-0.25, -0.2) is 9.78 Å². The van der Waals surface area contributed by atoms with Crippen LogP contribution in [0.1, 0.15) is 66.7 Å². The number of carbonyl (C=O) groups is 2. The number of carbonyl (C=O) groups excluding carboxylic acids is 2. The molecule has 232 valence electrons. The van der Waals surface area contributed by atoms with Crippen molar-refractivity contribution in [2.45, 2.75) is 78.4 Å². The number of benzene rings is 2. The monoisotopic (exact) mass is 588 g/mol. The zero-order chi connectivity index (χ0) is 31.3. The van der Waals surface area contributed by atoms with Crippen molar-refractivity contribution in [2.24, 2.45) is 11.1 Å². The van der Waals surface area contributed by atoms with Crippen LogP contribution < -0.4 is 21.1 Å². The lowest BCUT2D eigenvalue weighted by Crippen LogP contribution is -2.53. The van der Waals surface area contributed by atoms with E-state index in [1.807, 2.05) is 42.5 Å². The van der Waals surface area contributed by atoms with Crippen LogP contribution >= 0.6 is 0 Å². The van der Waals surface area contributed by atoms with Crippen LogP contribution in [0.25, 0.3) is 22.4 Å². The van der Waals surface area contributed by atoms with Crippen molar-refractivity contribution >= 4 is 12.0 Å². The Kier molecular flexibility index (Phi) is 12.6. The minimum atomic E-state index is -0.852. The molecule has 1 unspecified atom stereocenters. The third-order valence-electron chi connectivity index (χ3n) is 7.71. The molecule has 2 aromatic carbocycles. The van der Waals surface area contributed by atoms with Gasteiger partial charge in [-0.2, -0.15) is 0 Å². The number of hydrogen-bond acceptors (Lipinski definition) is 6. The van der Waals surface area contributed by atoms with E-state index in [1.54, 1.807) is 20.8 Å². The average molecular weight is 589 g/mol.